The first-order valence-electron chi connectivity index (χ1n) is 4.63. The maximum Gasteiger partial charge on any atom is 0.217 e. The smallest absolute Gasteiger partial charge is 0.217 e. The molecule has 0 fully saturated rings. The van der Waals surface area contributed by atoms with Crippen LogP contribution in [0.3, 0.4) is 0 Å². The van der Waals surface area contributed by atoms with Crippen LogP contribution in [0.1, 0.15) is 32.0 Å². The predicted octanol–water partition coefficient (Wildman–Crippen LogP) is 1.22. The number of aryl methyl sites for hydroxylation is 1. The molecule has 80 valence electrons. The van der Waals surface area contributed by atoms with Crippen LogP contribution >= 0.6 is 0 Å². The van der Waals surface area contributed by atoms with Gasteiger partial charge >= 0.3 is 0 Å². The molecule has 0 saturated carbocycles. The Morgan fingerprint density at radius 1 is 1.43 bits per heavy atom. The molecule has 0 radical (unpaired) electrons. The fraction of sp³-hybridized carbons (Fsp3) is 0.700. The van der Waals surface area contributed by atoms with Gasteiger partial charge in [-0.1, -0.05) is 20.8 Å². The molecule has 0 aliphatic carbocycles. The van der Waals surface area contributed by atoms with Crippen molar-refractivity contribution in [1.82, 2.24) is 9.78 Å². The van der Waals surface area contributed by atoms with Crippen LogP contribution in [0.4, 0.5) is 0 Å². The number of aromatic nitrogens is 2. The Morgan fingerprint density at radius 2 is 2.00 bits per heavy atom. The quantitative estimate of drug-likeness (QED) is 0.777. The van der Waals surface area contributed by atoms with E-state index in [0.717, 1.165) is 11.3 Å². The Balaban J connectivity index is 3.31. The van der Waals surface area contributed by atoms with Crippen LogP contribution in [0.5, 0.6) is 5.88 Å². The molecular formula is C10H18N2O2. The molecule has 0 amide bonds. The first kappa shape index (κ1) is 11.0. The van der Waals surface area contributed by atoms with Crippen LogP contribution in [-0.4, -0.2) is 22.0 Å². The van der Waals surface area contributed by atoms with Crippen molar-refractivity contribution in [3.8, 4) is 5.88 Å². The van der Waals surface area contributed by atoms with E-state index in [9.17, 15) is 5.11 Å². The Morgan fingerprint density at radius 3 is 2.36 bits per heavy atom. The Hall–Kier alpha value is -1.03. The molecule has 1 N–H and O–H groups in total. The van der Waals surface area contributed by atoms with E-state index in [4.69, 9.17) is 4.74 Å². The van der Waals surface area contributed by atoms with Crippen molar-refractivity contribution < 1.29 is 9.84 Å². The molecule has 1 aromatic rings. The summed E-state index contributed by atoms with van der Waals surface area (Å²) in [6.07, 6.45) is 0. The molecule has 0 spiro atoms. The van der Waals surface area contributed by atoms with Crippen molar-refractivity contribution in [2.24, 2.45) is 7.05 Å². The summed E-state index contributed by atoms with van der Waals surface area (Å²) >= 11 is 0. The second-order valence-electron chi connectivity index (χ2n) is 4.37. The van der Waals surface area contributed by atoms with Gasteiger partial charge in [0.05, 0.1) is 25.0 Å². The molecular weight excluding hydrogens is 180 g/mol. The van der Waals surface area contributed by atoms with E-state index in [2.05, 4.69) is 25.9 Å². The lowest BCUT2D eigenvalue weighted by Gasteiger charge is -2.16. The Labute approximate surface area is 84.5 Å². The zero-order chi connectivity index (χ0) is 10.9. The van der Waals surface area contributed by atoms with E-state index in [1.54, 1.807) is 11.8 Å². The van der Waals surface area contributed by atoms with Crippen LogP contribution < -0.4 is 4.74 Å². The predicted molar refractivity (Wildman–Crippen MR) is 54.4 cm³/mol. The molecule has 0 unspecified atom stereocenters. The summed E-state index contributed by atoms with van der Waals surface area (Å²) < 4.78 is 6.84. The van der Waals surface area contributed by atoms with Crippen LogP contribution in [0.2, 0.25) is 0 Å². The highest BCUT2D eigenvalue weighted by atomic mass is 16.5. The zero-order valence-electron chi connectivity index (χ0n) is 9.46. The van der Waals surface area contributed by atoms with Crippen molar-refractivity contribution in [3.05, 3.63) is 11.3 Å². The van der Waals surface area contributed by atoms with E-state index >= 15 is 0 Å². The molecule has 0 aliphatic rings. The number of methoxy groups -OCH3 is 1. The molecule has 1 heterocycles. The van der Waals surface area contributed by atoms with Crippen LogP contribution in [0, 0.1) is 0 Å². The molecule has 0 saturated heterocycles. The summed E-state index contributed by atoms with van der Waals surface area (Å²) in [5, 5.41) is 13.6. The number of ether oxygens (including phenoxy) is 1. The summed E-state index contributed by atoms with van der Waals surface area (Å²) in [5.74, 6) is 0.637. The molecule has 0 aromatic carbocycles. The molecule has 4 nitrogen and oxygen atoms in total. The topological polar surface area (TPSA) is 47.3 Å². The van der Waals surface area contributed by atoms with Crippen molar-refractivity contribution in [1.29, 1.82) is 0 Å². The SMILES string of the molecule is COc1c(CO)c(C(C)(C)C)nn1C. The standard InChI is InChI=1S/C10H18N2O2/c1-10(2,3)8-7(6-13)9(14-5)12(4)11-8/h13H,6H2,1-5H3. The van der Waals surface area contributed by atoms with E-state index in [0.29, 0.717) is 5.88 Å². The maximum absolute atomic E-state index is 9.27. The molecule has 1 aromatic heterocycles. The monoisotopic (exact) mass is 198 g/mol. The highest BCUT2D eigenvalue weighted by Gasteiger charge is 2.25. The van der Waals surface area contributed by atoms with Gasteiger partial charge in [-0.3, -0.25) is 0 Å². The third kappa shape index (κ3) is 1.75. The van der Waals surface area contributed by atoms with Gasteiger partial charge in [-0.2, -0.15) is 5.10 Å². The van der Waals surface area contributed by atoms with E-state index in [-0.39, 0.29) is 12.0 Å². The third-order valence-corrected chi connectivity index (χ3v) is 2.15. The van der Waals surface area contributed by atoms with E-state index in [1.807, 2.05) is 7.05 Å². The second kappa shape index (κ2) is 3.61. The molecule has 1 rings (SSSR count). The highest BCUT2D eigenvalue weighted by molar-refractivity contribution is 5.34. The van der Waals surface area contributed by atoms with Gasteiger partial charge in [0.2, 0.25) is 5.88 Å². The maximum atomic E-state index is 9.27. The van der Waals surface area contributed by atoms with Gasteiger partial charge in [0.25, 0.3) is 0 Å². The fourth-order valence-corrected chi connectivity index (χ4v) is 1.55. The minimum atomic E-state index is -0.0768. The summed E-state index contributed by atoms with van der Waals surface area (Å²) in [4.78, 5) is 0. The largest absolute Gasteiger partial charge is 0.481 e. The number of hydrogen-bond donors (Lipinski definition) is 1. The molecule has 0 aliphatic heterocycles. The zero-order valence-corrected chi connectivity index (χ0v) is 9.46. The van der Waals surface area contributed by atoms with E-state index < -0.39 is 0 Å². The average Bonchev–Trinajstić information content (AvgIpc) is 2.40. The molecule has 0 atom stereocenters. The number of hydrogen-bond acceptors (Lipinski definition) is 3. The number of aliphatic hydroxyl groups is 1. The van der Waals surface area contributed by atoms with Gasteiger partial charge in [-0.15, -0.1) is 0 Å². The lowest BCUT2D eigenvalue weighted by Crippen LogP contribution is -2.14. The third-order valence-electron chi connectivity index (χ3n) is 2.15. The van der Waals surface area contributed by atoms with Crippen molar-refractivity contribution in [2.75, 3.05) is 7.11 Å². The average molecular weight is 198 g/mol. The summed E-state index contributed by atoms with van der Waals surface area (Å²) in [6.45, 7) is 6.15. The van der Waals surface area contributed by atoms with Crippen molar-refractivity contribution >= 4 is 0 Å². The number of aliphatic hydroxyl groups excluding tert-OH is 1. The minimum absolute atomic E-state index is 0.0381. The van der Waals surface area contributed by atoms with Crippen molar-refractivity contribution in [2.45, 2.75) is 32.8 Å². The first-order chi connectivity index (χ1) is 6.41. The van der Waals surface area contributed by atoms with Gasteiger partial charge in [0.15, 0.2) is 0 Å². The summed E-state index contributed by atoms with van der Waals surface area (Å²) in [6, 6.07) is 0. The van der Waals surface area contributed by atoms with Gasteiger partial charge in [0.1, 0.15) is 0 Å². The number of rotatable bonds is 2. The summed E-state index contributed by atoms with van der Waals surface area (Å²) in [7, 11) is 3.40. The fourth-order valence-electron chi connectivity index (χ4n) is 1.55. The molecule has 14 heavy (non-hydrogen) atoms. The summed E-state index contributed by atoms with van der Waals surface area (Å²) in [5.41, 5.74) is 1.59. The lowest BCUT2D eigenvalue weighted by molar-refractivity contribution is 0.268. The molecule has 0 bridgehead atoms. The van der Waals surface area contributed by atoms with Crippen LogP contribution in [-0.2, 0) is 19.1 Å². The Kier molecular flexibility index (Phi) is 2.85. The molecule has 4 heteroatoms. The lowest BCUT2D eigenvalue weighted by atomic mass is 9.89. The van der Waals surface area contributed by atoms with Gasteiger partial charge in [-0.05, 0) is 0 Å². The number of nitrogens with zero attached hydrogens (tertiary/aromatic N) is 2. The van der Waals surface area contributed by atoms with Gasteiger partial charge < -0.3 is 9.84 Å². The van der Waals surface area contributed by atoms with Crippen LogP contribution in [0.15, 0.2) is 0 Å². The van der Waals surface area contributed by atoms with Gasteiger partial charge in [0, 0.05) is 12.5 Å². The highest BCUT2D eigenvalue weighted by Crippen LogP contribution is 2.30. The van der Waals surface area contributed by atoms with E-state index in [1.165, 1.54) is 0 Å². The minimum Gasteiger partial charge on any atom is -0.481 e. The van der Waals surface area contributed by atoms with Crippen molar-refractivity contribution in [3.63, 3.8) is 0 Å². The normalized spacial score (nSPS) is 11.9. The second-order valence-corrected chi connectivity index (χ2v) is 4.37. The van der Waals surface area contributed by atoms with Crippen LogP contribution in [0.25, 0.3) is 0 Å². The first-order valence-corrected chi connectivity index (χ1v) is 4.63. The Bertz CT molecular complexity index is 324. The van der Waals surface area contributed by atoms with Gasteiger partial charge in [-0.25, -0.2) is 4.68 Å².